The van der Waals surface area contributed by atoms with Gasteiger partial charge in [-0.15, -0.1) is 0 Å². The molecule has 0 saturated heterocycles. The van der Waals surface area contributed by atoms with Crippen LogP contribution in [0, 0.1) is 5.92 Å². The first-order valence-electron chi connectivity index (χ1n) is 8.08. The van der Waals surface area contributed by atoms with Crippen LogP contribution >= 0.6 is 0 Å². The van der Waals surface area contributed by atoms with Gasteiger partial charge in [0.05, 0.1) is 6.61 Å². The van der Waals surface area contributed by atoms with Gasteiger partial charge in [0.1, 0.15) is 5.54 Å². The van der Waals surface area contributed by atoms with Gasteiger partial charge < -0.3 is 14.4 Å². The second kappa shape index (κ2) is 8.71. The molecule has 0 aliphatic heterocycles. The van der Waals surface area contributed by atoms with Crippen molar-refractivity contribution in [3.05, 3.63) is 0 Å². The molecule has 5 nitrogen and oxygen atoms in total. The van der Waals surface area contributed by atoms with Gasteiger partial charge in [-0.25, -0.2) is 4.79 Å². The number of carbonyl (C=O) groups is 1. The molecule has 0 radical (unpaired) electrons. The van der Waals surface area contributed by atoms with Crippen molar-refractivity contribution in [1.82, 2.24) is 10.2 Å². The van der Waals surface area contributed by atoms with Crippen LogP contribution in [0.1, 0.15) is 40.0 Å². The first-order valence-corrected chi connectivity index (χ1v) is 8.08. The van der Waals surface area contributed by atoms with Crippen LogP contribution in [-0.4, -0.2) is 62.9 Å². The summed E-state index contributed by atoms with van der Waals surface area (Å²) in [6.45, 7) is 8.83. The quantitative estimate of drug-likeness (QED) is 0.464. The second-order valence-electron chi connectivity index (χ2n) is 6.35. The Morgan fingerprint density at radius 3 is 2.57 bits per heavy atom. The van der Waals surface area contributed by atoms with Gasteiger partial charge in [-0.05, 0) is 53.0 Å². The normalized spacial score (nSPS) is 18.0. The molecule has 0 bridgehead atoms. The lowest BCUT2D eigenvalue weighted by Crippen LogP contribution is -2.62. The van der Waals surface area contributed by atoms with Crippen molar-refractivity contribution in [2.24, 2.45) is 5.92 Å². The zero-order valence-electron chi connectivity index (χ0n) is 14.3. The third kappa shape index (κ3) is 5.57. The molecule has 1 rings (SSSR count). The van der Waals surface area contributed by atoms with Gasteiger partial charge in [0.15, 0.2) is 0 Å². The fraction of sp³-hybridized carbons (Fsp3) is 0.938. The van der Waals surface area contributed by atoms with E-state index in [1.165, 1.54) is 0 Å². The first-order chi connectivity index (χ1) is 9.96. The minimum absolute atomic E-state index is 0.0974. The monoisotopic (exact) mass is 300 g/mol. The molecular formula is C16H32N2O3. The molecule has 1 atom stereocenters. The molecule has 1 aliphatic rings. The lowest BCUT2D eigenvalue weighted by molar-refractivity contribution is -0.153. The third-order valence-electron chi connectivity index (χ3n) is 3.87. The Balaban J connectivity index is 2.76. The fourth-order valence-electron chi connectivity index (χ4n) is 2.92. The average molecular weight is 300 g/mol. The van der Waals surface area contributed by atoms with Crippen molar-refractivity contribution in [3.8, 4) is 0 Å². The molecule has 0 aromatic rings. The van der Waals surface area contributed by atoms with Crippen LogP contribution in [0.5, 0.6) is 0 Å². The van der Waals surface area contributed by atoms with Gasteiger partial charge in [-0.2, -0.15) is 0 Å². The van der Waals surface area contributed by atoms with Crippen LogP contribution < -0.4 is 5.32 Å². The minimum Gasteiger partial charge on any atom is -0.465 e. The highest BCUT2D eigenvalue weighted by molar-refractivity contribution is 5.82. The van der Waals surface area contributed by atoms with Gasteiger partial charge >= 0.3 is 5.97 Å². The number of nitrogens with zero attached hydrogens (tertiary/aromatic N) is 1. The van der Waals surface area contributed by atoms with Crippen LogP contribution in [0.25, 0.3) is 0 Å². The molecule has 1 N–H and O–H groups in total. The van der Waals surface area contributed by atoms with E-state index in [2.05, 4.69) is 31.1 Å². The van der Waals surface area contributed by atoms with E-state index in [1.54, 1.807) is 7.11 Å². The molecule has 1 saturated carbocycles. The molecular weight excluding hydrogens is 268 g/mol. The van der Waals surface area contributed by atoms with Gasteiger partial charge in [0.25, 0.3) is 0 Å². The zero-order chi connectivity index (χ0) is 15.9. The van der Waals surface area contributed by atoms with Gasteiger partial charge in [-0.3, -0.25) is 5.32 Å². The number of rotatable bonds is 11. The Labute approximate surface area is 129 Å². The van der Waals surface area contributed by atoms with Crippen LogP contribution in [0.2, 0.25) is 0 Å². The molecule has 21 heavy (non-hydrogen) atoms. The summed E-state index contributed by atoms with van der Waals surface area (Å²) in [7, 11) is 3.78. The number of nitrogens with one attached hydrogen (secondary N) is 1. The number of likely N-dealkylation sites (N-methyl/N-ethyl adjacent to an activating group) is 1. The molecule has 1 fully saturated rings. The predicted molar refractivity (Wildman–Crippen MR) is 84.3 cm³/mol. The summed E-state index contributed by atoms with van der Waals surface area (Å²) >= 11 is 0. The number of carbonyl (C=O) groups excluding carboxylic acids is 1. The van der Waals surface area contributed by atoms with E-state index in [1.807, 2.05) is 6.92 Å². The van der Waals surface area contributed by atoms with Crippen molar-refractivity contribution < 1.29 is 14.3 Å². The molecule has 1 unspecified atom stereocenters. The summed E-state index contributed by atoms with van der Waals surface area (Å²) in [5.74, 6) is 0.295. The summed E-state index contributed by atoms with van der Waals surface area (Å²) in [5.41, 5.74) is -0.563. The van der Waals surface area contributed by atoms with Crippen molar-refractivity contribution in [3.63, 3.8) is 0 Å². The van der Waals surface area contributed by atoms with E-state index >= 15 is 0 Å². The standard InChI is InChI=1S/C16H32N2O3/c1-6-21-15(19)16(14-8-9-14,17-13(2)3)12-18(4)10-7-11-20-5/h13-14,17H,6-12H2,1-5H3. The molecule has 124 valence electrons. The number of hydrogen-bond acceptors (Lipinski definition) is 5. The van der Waals surface area contributed by atoms with E-state index in [9.17, 15) is 4.79 Å². The minimum atomic E-state index is -0.563. The van der Waals surface area contributed by atoms with Crippen LogP contribution in [0.3, 0.4) is 0 Å². The highest BCUT2D eigenvalue weighted by atomic mass is 16.5. The fourth-order valence-corrected chi connectivity index (χ4v) is 2.92. The van der Waals surface area contributed by atoms with Crippen molar-refractivity contribution in [1.29, 1.82) is 0 Å². The van der Waals surface area contributed by atoms with Gasteiger partial charge in [0, 0.05) is 32.8 Å². The van der Waals surface area contributed by atoms with Crippen LogP contribution in [0.15, 0.2) is 0 Å². The predicted octanol–water partition coefficient (Wildman–Crippen LogP) is 1.66. The van der Waals surface area contributed by atoms with Gasteiger partial charge in [-0.1, -0.05) is 0 Å². The number of methoxy groups -OCH3 is 1. The maximum absolute atomic E-state index is 12.6. The van der Waals surface area contributed by atoms with Crippen molar-refractivity contribution in [2.45, 2.75) is 51.6 Å². The highest BCUT2D eigenvalue weighted by Crippen LogP contribution is 2.41. The molecule has 0 aromatic carbocycles. The average Bonchev–Trinajstić information content (AvgIpc) is 3.22. The van der Waals surface area contributed by atoms with E-state index < -0.39 is 5.54 Å². The highest BCUT2D eigenvalue weighted by Gasteiger charge is 2.52. The Bertz CT molecular complexity index is 319. The lowest BCUT2D eigenvalue weighted by atomic mass is 9.91. The van der Waals surface area contributed by atoms with Gasteiger partial charge in [0.2, 0.25) is 0 Å². The van der Waals surface area contributed by atoms with Crippen LogP contribution in [0.4, 0.5) is 0 Å². The summed E-state index contributed by atoms with van der Waals surface area (Å²) in [4.78, 5) is 14.8. The number of esters is 1. The molecule has 0 amide bonds. The smallest absolute Gasteiger partial charge is 0.327 e. The molecule has 0 spiro atoms. The first kappa shape index (κ1) is 18.4. The topological polar surface area (TPSA) is 50.8 Å². The summed E-state index contributed by atoms with van der Waals surface area (Å²) in [6.07, 6.45) is 3.17. The Kier molecular flexibility index (Phi) is 7.63. The van der Waals surface area contributed by atoms with E-state index in [0.717, 1.165) is 32.4 Å². The summed E-state index contributed by atoms with van der Waals surface area (Å²) in [6, 6.07) is 0.252. The van der Waals surface area contributed by atoms with Crippen molar-refractivity contribution >= 4 is 5.97 Å². The summed E-state index contributed by atoms with van der Waals surface area (Å²) in [5, 5.41) is 3.51. The van der Waals surface area contributed by atoms with E-state index in [0.29, 0.717) is 19.1 Å². The molecule has 1 aliphatic carbocycles. The van der Waals surface area contributed by atoms with E-state index in [-0.39, 0.29) is 12.0 Å². The Morgan fingerprint density at radius 1 is 1.43 bits per heavy atom. The van der Waals surface area contributed by atoms with Crippen molar-refractivity contribution in [2.75, 3.05) is 40.5 Å². The maximum Gasteiger partial charge on any atom is 0.327 e. The largest absolute Gasteiger partial charge is 0.465 e. The number of hydrogen-bond donors (Lipinski definition) is 1. The third-order valence-corrected chi connectivity index (χ3v) is 3.87. The maximum atomic E-state index is 12.6. The zero-order valence-corrected chi connectivity index (χ0v) is 14.3. The number of ether oxygens (including phenoxy) is 2. The van der Waals surface area contributed by atoms with Crippen LogP contribution in [-0.2, 0) is 14.3 Å². The molecule has 5 heteroatoms. The second-order valence-corrected chi connectivity index (χ2v) is 6.35. The van der Waals surface area contributed by atoms with E-state index in [4.69, 9.17) is 9.47 Å². The molecule has 0 aromatic heterocycles. The lowest BCUT2D eigenvalue weighted by Gasteiger charge is -2.37. The Morgan fingerprint density at radius 2 is 2.10 bits per heavy atom. The molecule has 0 heterocycles. The SMILES string of the molecule is CCOC(=O)C(CN(C)CCCOC)(NC(C)C)C1CC1. The summed E-state index contributed by atoms with van der Waals surface area (Å²) < 4.78 is 10.5. The Hall–Kier alpha value is -0.650.